The highest BCUT2D eigenvalue weighted by atomic mass is 16.7. The first-order chi connectivity index (χ1) is 11.3. The van der Waals surface area contributed by atoms with E-state index in [0.717, 1.165) is 6.42 Å². The van der Waals surface area contributed by atoms with Crippen molar-refractivity contribution in [3.63, 3.8) is 0 Å². The Balaban J connectivity index is 2.86. The maximum absolute atomic E-state index is 11.4. The number of ether oxygens (including phenoxy) is 5. The van der Waals surface area contributed by atoms with Crippen LogP contribution < -0.4 is 5.73 Å². The Morgan fingerprint density at radius 1 is 0.958 bits per heavy atom. The molecule has 1 saturated heterocycles. The van der Waals surface area contributed by atoms with E-state index in [2.05, 4.69) is 0 Å². The first-order valence-corrected chi connectivity index (χ1v) is 7.80. The lowest BCUT2D eigenvalue weighted by Crippen LogP contribution is -2.58. The SMILES string of the molecule is CC(=O)O[C@@H]1[C@@H](OC(C)=O)[C@@H](OCCCCN)OC[C@@H]1OC(C)=O. The molecule has 0 aromatic heterocycles. The summed E-state index contributed by atoms with van der Waals surface area (Å²) in [7, 11) is 0. The number of carbonyl (C=O) groups is 3. The maximum Gasteiger partial charge on any atom is 0.303 e. The summed E-state index contributed by atoms with van der Waals surface area (Å²) in [5.41, 5.74) is 5.42. The molecular weight excluding hydrogens is 322 g/mol. The Labute approximate surface area is 140 Å². The molecule has 0 spiro atoms. The van der Waals surface area contributed by atoms with Gasteiger partial charge in [0.2, 0.25) is 0 Å². The van der Waals surface area contributed by atoms with Crippen molar-refractivity contribution in [3.8, 4) is 0 Å². The van der Waals surface area contributed by atoms with Gasteiger partial charge in [0.15, 0.2) is 24.6 Å². The van der Waals surface area contributed by atoms with E-state index in [1.54, 1.807) is 0 Å². The first-order valence-electron chi connectivity index (χ1n) is 7.80. The van der Waals surface area contributed by atoms with Crippen LogP contribution in [0.25, 0.3) is 0 Å². The Morgan fingerprint density at radius 2 is 1.54 bits per heavy atom. The average molecular weight is 347 g/mol. The van der Waals surface area contributed by atoms with Crippen molar-refractivity contribution in [3.05, 3.63) is 0 Å². The maximum atomic E-state index is 11.4. The van der Waals surface area contributed by atoms with Gasteiger partial charge in [-0.15, -0.1) is 0 Å². The van der Waals surface area contributed by atoms with Crippen LogP contribution in [0.3, 0.4) is 0 Å². The third-order valence-electron chi connectivity index (χ3n) is 3.19. The molecule has 138 valence electrons. The fraction of sp³-hybridized carbons (Fsp3) is 0.800. The summed E-state index contributed by atoms with van der Waals surface area (Å²) in [5.74, 6) is -1.76. The molecule has 2 N–H and O–H groups in total. The minimum atomic E-state index is -1.04. The number of carbonyl (C=O) groups excluding carboxylic acids is 3. The second kappa shape index (κ2) is 10.2. The zero-order valence-corrected chi connectivity index (χ0v) is 14.2. The zero-order valence-electron chi connectivity index (χ0n) is 14.2. The second-order valence-corrected chi connectivity index (χ2v) is 5.36. The molecule has 0 unspecified atom stereocenters. The molecule has 4 atom stereocenters. The molecule has 0 radical (unpaired) electrons. The Bertz CT molecular complexity index is 441. The van der Waals surface area contributed by atoms with Crippen LogP contribution in [0, 0.1) is 0 Å². The topological polar surface area (TPSA) is 123 Å². The van der Waals surface area contributed by atoms with Crippen LogP contribution in [0.15, 0.2) is 0 Å². The van der Waals surface area contributed by atoms with Gasteiger partial charge in [0.05, 0.1) is 6.61 Å². The molecular formula is C15H25NO8. The van der Waals surface area contributed by atoms with Crippen LogP contribution in [0.4, 0.5) is 0 Å². The fourth-order valence-corrected chi connectivity index (χ4v) is 2.30. The molecule has 9 nitrogen and oxygen atoms in total. The summed E-state index contributed by atoms with van der Waals surface area (Å²) in [5, 5.41) is 0. The molecule has 1 fully saturated rings. The highest BCUT2D eigenvalue weighted by Crippen LogP contribution is 2.25. The van der Waals surface area contributed by atoms with Crippen LogP contribution in [0.1, 0.15) is 33.6 Å². The quantitative estimate of drug-likeness (QED) is 0.364. The largest absolute Gasteiger partial charge is 0.456 e. The summed E-state index contributed by atoms with van der Waals surface area (Å²) >= 11 is 0. The first kappa shape index (κ1) is 20.3. The van der Waals surface area contributed by atoms with E-state index in [0.29, 0.717) is 19.6 Å². The summed E-state index contributed by atoms with van der Waals surface area (Å²) in [4.78, 5) is 34.0. The summed E-state index contributed by atoms with van der Waals surface area (Å²) < 4.78 is 26.6. The van der Waals surface area contributed by atoms with E-state index < -0.39 is 42.5 Å². The Hall–Kier alpha value is -1.71. The highest BCUT2D eigenvalue weighted by Gasteiger charge is 2.47. The van der Waals surface area contributed by atoms with E-state index in [-0.39, 0.29) is 6.61 Å². The Kier molecular flexibility index (Phi) is 8.66. The summed E-state index contributed by atoms with van der Waals surface area (Å²) in [6.45, 7) is 4.48. The number of unbranched alkanes of at least 4 members (excludes halogenated alkanes) is 1. The van der Waals surface area contributed by atoms with Crippen LogP contribution in [0.2, 0.25) is 0 Å². The molecule has 0 aromatic rings. The van der Waals surface area contributed by atoms with E-state index in [4.69, 9.17) is 29.4 Å². The van der Waals surface area contributed by atoms with E-state index >= 15 is 0 Å². The van der Waals surface area contributed by atoms with Gasteiger partial charge >= 0.3 is 17.9 Å². The minimum Gasteiger partial charge on any atom is -0.456 e. The van der Waals surface area contributed by atoms with Gasteiger partial charge in [-0.25, -0.2) is 0 Å². The molecule has 1 aliphatic rings. The molecule has 1 rings (SSSR count). The van der Waals surface area contributed by atoms with Gasteiger partial charge in [0, 0.05) is 27.4 Å². The molecule has 0 bridgehead atoms. The van der Waals surface area contributed by atoms with Crippen molar-refractivity contribution in [1.29, 1.82) is 0 Å². The fourth-order valence-electron chi connectivity index (χ4n) is 2.30. The normalized spacial score (nSPS) is 26.5. The highest BCUT2D eigenvalue weighted by molar-refractivity contribution is 5.68. The number of esters is 3. The van der Waals surface area contributed by atoms with Crippen molar-refractivity contribution < 1.29 is 38.1 Å². The molecule has 0 amide bonds. The molecule has 0 aromatic carbocycles. The molecule has 24 heavy (non-hydrogen) atoms. The van der Waals surface area contributed by atoms with Gasteiger partial charge in [-0.1, -0.05) is 0 Å². The number of hydrogen-bond donors (Lipinski definition) is 1. The van der Waals surface area contributed by atoms with Crippen LogP contribution in [0.5, 0.6) is 0 Å². The lowest BCUT2D eigenvalue weighted by atomic mass is 10.0. The monoisotopic (exact) mass is 347 g/mol. The number of rotatable bonds is 8. The van der Waals surface area contributed by atoms with Crippen LogP contribution in [-0.2, 0) is 38.1 Å². The van der Waals surface area contributed by atoms with Crippen LogP contribution >= 0.6 is 0 Å². The van der Waals surface area contributed by atoms with Gasteiger partial charge in [0.1, 0.15) is 0 Å². The van der Waals surface area contributed by atoms with Gasteiger partial charge in [0.25, 0.3) is 0 Å². The summed E-state index contributed by atoms with van der Waals surface area (Å²) in [6, 6.07) is 0. The van der Waals surface area contributed by atoms with Crippen molar-refractivity contribution in [1.82, 2.24) is 0 Å². The second-order valence-electron chi connectivity index (χ2n) is 5.36. The molecule has 0 aliphatic carbocycles. The van der Waals surface area contributed by atoms with Crippen molar-refractivity contribution in [2.75, 3.05) is 19.8 Å². The zero-order chi connectivity index (χ0) is 18.1. The third kappa shape index (κ3) is 6.81. The predicted octanol–water partition coefficient (Wildman–Crippen LogP) is -0.107. The number of hydrogen-bond acceptors (Lipinski definition) is 9. The van der Waals surface area contributed by atoms with Crippen molar-refractivity contribution in [2.24, 2.45) is 5.73 Å². The smallest absolute Gasteiger partial charge is 0.303 e. The van der Waals surface area contributed by atoms with Gasteiger partial charge in [-0.2, -0.15) is 0 Å². The third-order valence-corrected chi connectivity index (χ3v) is 3.19. The minimum absolute atomic E-state index is 0.0448. The van der Waals surface area contributed by atoms with Gasteiger partial charge in [-0.05, 0) is 19.4 Å². The van der Waals surface area contributed by atoms with E-state index in [1.165, 1.54) is 20.8 Å². The van der Waals surface area contributed by atoms with Crippen LogP contribution in [-0.4, -0.2) is 62.3 Å². The van der Waals surface area contributed by atoms with Gasteiger partial charge < -0.3 is 29.4 Å². The van der Waals surface area contributed by atoms with E-state index in [9.17, 15) is 14.4 Å². The predicted molar refractivity (Wildman–Crippen MR) is 80.6 cm³/mol. The number of nitrogens with two attached hydrogens (primary N) is 1. The van der Waals surface area contributed by atoms with Crippen molar-refractivity contribution >= 4 is 17.9 Å². The standard InChI is InChI=1S/C15H25NO8/c1-9(17)22-12-8-21-15(20-7-5-4-6-16)14(24-11(3)19)13(12)23-10(2)18/h12-15H,4-8,16H2,1-3H3/t12-,13-,14+,15-/m0/s1. The average Bonchev–Trinajstić information content (AvgIpc) is 2.47. The van der Waals surface area contributed by atoms with Gasteiger partial charge in [-0.3, -0.25) is 14.4 Å². The Morgan fingerprint density at radius 3 is 2.08 bits per heavy atom. The van der Waals surface area contributed by atoms with E-state index in [1.807, 2.05) is 0 Å². The summed E-state index contributed by atoms with van der Waals surface area (Å²) in [6.07, 6.45) is -2.39. The lowest BCUT2D eigenvalue weighted by molar-refractivity contribution is -0.281. The molecule has 0 saturated carbocycles. The lowest BCUT2D eigenvalue weighted by Gasteiger charge is -2.40. The molecule has 1 heterocycles. The molecule has 1 aliphatic heterocycles. The van der Waals surface area contributed by atoms with Crippen molar-refractivity contribution in [2.45, 2.75) is 58.2 Å². The molecule has 9 heteroatoms.